The first kappa shape index (κ1) is 12.5. The van der Waals surface area contributed by atoms with Gasteiger partial charge in [-0.25, -0.2) is 4.79 Å². The summed E-state index contributed by atoms with van der Waals surface area (Å²) in [6.45, 7) is 0. The number of methoxy groups -OCH3 is 1. The van der Waals surface area contributed by atoms with Gasteiger partial charge < -0.3 is 14.8 Å². The van der Waals surface area contributed by atoms with Gasteiger partial charge in [-0.05, 0) is 12.1 Å². The van der Waals surface area contributed by atoms with Crippen LogP contribution in [0.25, 0.3) is 0 Å². The van der Waals surface area contributed by atoms with Gasteiger partial charge in [0.25, 0.3) is 0 Å². The molecule has 0 bridgehead atoms. The lowest BCUT2D eigenvalue weighted by Crippen LogP contribution is -2.10. The molecule has 0 aliphatic carbocycles. The Kier molecular flexibility index (Phi) is 7.21. The molecule has 1 radical (unpaired) electrons. The quantitative estimate of drug-likeness (QED) is 0.567. The smallest absolute Gasteiger partial charge is 0.453 e. The predicted octanol–water partition coefficient (Wildman–Crippen LogP) is 0.370. The van der Waals surface area contributed by atoms with Gasteiger partial charge in [-0.15, -0.1) is 0 Å². The second-order valence-electron chi connectivity index (χ2n) is 2.10. The number of rotatable bonds is 1. The summed E-state index contributed by atoms with van der Waals surface area (Å²) in [6.07, 6.45) is -0.448. The van der Waals surface area contributed by atoms with Gasteiger partial charge in [0, 0.05) is 5.69 Å². The van der Waals surface area contributed by atoms with Gasteiger partial charge in [0.05, 0.1) is 7.11 Å². The Morgan fingerprint density at radius 2 is 1.86 bits per heavy atom. The molecule has 0 atom stereocenters. The molecule has 0 heterocycles. The number of ether oxygens (including phenoxy) is 1. The zero-order valence-electron chi connectivity index (χ0n) is 7.68. The van der Waals surface area contributed by atoms with Crippen LogP contribution in [-0.4, -0.2) is 30.9 Å². The zero-order valence-corrected chi connectivity index (χ0v) is 7.68. The van der Waals surface area contributed by atoms with Crippen LogP contribution < -0.4 is 5.32 Å². The van der Waals surface area contributed by atoms with Gasteiger partial charge in [-0.3, -0.25) is 5.32 Å². The Morgan fingerprint density at radius 3 is 2.29 bits per heavy atom. The third-order valence-corrected chi connectivity index (χ3v) is 1.21. The molecule has 0 aliphatic rings. The van der Waals surface area contributed by atoms with Crippen molar-refractivity contribution in [2.45, 2.75) is 0 Å². The van der Waals surface area contributed by atoms with E-state index in [0.717, 1.165) is 5.69 Å². The van der Waals surface area contributed by atoms with Gasteiger partial charge in [0.1, 0.15) is 0 Å². The average molecular weight is 196 g/mol. The van der Waals surface area contributed by atoms with Crippen molar-refractivity contribution in [1.29, 1.82) is 0 Å². The highest BCUT2D eigenvalue weighted by Crippen LogP contribution is 2.04. The van der Waals surface area contributed by atoms with Crippen molar-refractivity contribution in [2.75, 3.05) is 12.4 Å². The van der Waals surface area contributed by atoms with Crippen LogP contribution in [-0.2, 0) is 4.74 Å². The minimum atomic E-state index is -0.448. The summed E-state index contributed by atoms with van der Waals surface area (Å²) in [5.41, 5.74) is 0.736. The Labute approximate surface area is 82.6 Å². The number of hydrogen-bond acceptors (Lipinski definition) is 4. The van der Waals surface area contributed by atoms with Gasteiger partial charge in [-0.1, -0.05) is 18.2 Å². The molecule has 0 saturated carbocycles. The molecule has 1 aromatic rings. The maximum atomic E-state index is 10.6. The van der Waals surface area contributed by atoms with E-state index in [9.17, 15) is 4.79 Å². The number of hydrogen-bond donors (Lipinski definition) is 3. The van der Waals surface area contributed by atoms with Gasteiger partial charge >= 0.3 is 13.8 Å². The summed E-state index contributed by atoms with van der Waals surface area (Å²) >= 11 is 0. The molecule has 0 unspecified atom stereocenters. The molecule has 75 valence electrons. The van der Waals surface area contributed by atoms with Crippen molar-refractivity contribution in [2.24, 2.45) is 0 Å². The van der Waals surface area contributed by atoms with E-state index in [1.807, 2.05) is 18.2 Å². The molecular weight excluding hydrogens is 185 g/mol. The van der Waals surface area contributed by atoms with E-state index < -0.39 is 6.09 Å². The highest BCUT2D eigenvalue weighted by Gasteiger charge is 1.96. The van der Waals surface area contributed by atoms with Crippen molar-refractivity contribution in [1.82, 2.24) is 0 Å². The molecule has 0 aromatic heterocycles. The zero-order chi connectivity index (χ0) is 10.8. The van der Waals surface area contributed by atoms with Gasteiger partial charge in [0.15, 0.2) is 0 Å². The minimum absolute atomic E-state index is 0. The van der Waals surface area contributed by atoms with Crippen LogP contribution >= 0.6 is 0 Å². The molecule has 1 amide bonds. The third-order valence-electron chi connectivity index (χ3n) is 1.21. The Morgan fingerprint density at radius 1 is 1.36 bits per heavy atom. The van der Waals surface area contributed by atoms with Gasteiger partial charge in [0.2, 0.25) is 0 Å². The summed E-state index contributed by atoms with van der Waals surface area (Å²) in [7, 11) is 1.33. The molecule has 0 aliphatic heterocycles. The van der Waals surface area contributed by atoms with Crippen molar-refractivity contribution in [3.05, 3.63) is 30.3 Å². The van der Waals surface area contributed by atoms with Crippen molar-refractivity contribution >= 4 is 19.5 Å². The Hall–Kier alpha value is -1.53. The summed E-state index contributed by atoms with van der Waals surface area (Å²) in [6, 6.07) is 9.13. The molecule has 5 nitrogen and oxygen atoms in total. The topological polar surface area (TPSA) is 78.8 Å². The normalized spacial score (nSPS) is 7.93. The maximum Gasteiger partial charge on any atom is 0.482 e. The first-order valence-electron chi connectivity index (χ1n) is 3.74. The highest BCUT2D eigenvalue weighted by atomic mass is 16.5. The van der Waals surface area contributed by atoms with Crippen LogP contribution in [0.2, 0.25) is 0 Å². The summed E-state index contributed by atoms with van der Waals surface area (Å²) < 4.78 is 4.40. The highest BCUT2D eigenvalue weighted by molar-refractivity contribution is 6.13. The number of carbonyl (C=O) groups is 1. The molecule has 1 rings (SSSR count). The number of amides is 1. The lowest BCUT2D eigenvalue weighted by atomic mass is 10.3. The Bertz CT molecular complexity index is 255. The van der Waals surface area contributed by atoms with E-state index in [1.54, 1.807) is 12.1 Å². The van der Waals surface area contributed by atoms with Crippen LogP contribution in [0, 0.1) is 0 Å². The molecule has 14 heavy (non-hydrogen) atoms. The van der Waals surface area contributed by atoms with Crippen LogP contribution in [0.1, 0.15) is 0 Å². The second kappa shape index (κ2) is 8.09. The fraction of sp³-hybridized carbons (Fsp3) is 0.125. The number of para-hydroxylation sites is 1. The van der Waals surface area contributed by atoms with E-state index >= 15 is 0 Å². The Balaban J connectivity index is 0.000000500. The van der Waals surface area contributed by atoms with E-state index in [-0.39, 0.29) is 7.69 Å². The van der Waals surface area contributed by atoms with Gasteiger partial charge in [-0.2, -0.15) is 0 Å². The molecule has 0 spiro atoms. The van der Waals surface area contributed by atoms with E-state index in [2.05, 4.69) is 10.1 Å². The first-order valence-corrected chi connectivity index (χ1v) is 3.74. The summed E-state index contributed by atoms with van der Waals surface area (Å²) in [5.74, 6) is 0. The van der Waals surface area contributed by atoms with Crippen molar-refractivity contribution in [3.8, 4) is 0 Å². The lowest BCUT2D eigenvalue weighted by molar-refractivity contribution is 0.187. The molecule has 1 aromatic carbocycles. The van der Waals surface area contributed by atoms with E-state index in [0.29, 0.717) is 0 Å². The summed E-state index contributed by atoms with van der Waals surface area (Å²) in [5, 5.41) is 16.5. The largest absolute Gasteiger partial charge is 0.482 e. The van der Waals surface area contributed by atoms with Crippen molar-refractivity contribution < 1.29 is 19.6 Å². The third kappa shape index (κ3) is 6.04. The fourth-order valence-corrected chi connectivity index (χ4v) is 0.690. The van der Waals surface area contributed by atoms with Crippen LogP contribution in [0.15, 0.2) is 30.3 Å². The van der Waals surface area contributed by atoms with E-state index in [1.165, 1.54) is 7.11 Å². The number of carbonyl (C=O) groups excluding carboxylic acids is 1. The first-order chi connectivity index (χ1) is 6.74. The molecule has 6 heteroatoms. The summed E-state index contributed by atoms with van der Waals surface area (Å²) in [4.78, 5) is 10.6. The monoisotopic (exact) mass is 196 g/mol. The van der Waals surface area contributed by atoms with Crippen molar-refractivity contribution in [3.63, 3.8) is 0 Å². The average Bonchev–Trinajstić information content (AvgIpc) is 2.20. The van der Waals surface area contributed by atoms with Crippen LogP contribution in [0.5, 0.6) is 0 Å². The fourth-order valence-electron chi connectivity index (χ4n) is 0.690. The lowest BCUT2D eigenvalue weighted by Gasteiger charge is -2.01. The predicted molar refractivity (Wildman–Crippen MR) is 52.7 cm³/mol. The van der Waals surface area contributed by atoms with Crippen LogP contribution in [0.3, 0.4) is 0 Å². The molecule has 3 N–H and O–H groups in total. The maximum absolute atomic E-state index is 10.6. The second-order valence-corrected chi connectivity index (χ2v) is 2.10. The molecular formula is C8H11BNO4. The van der Waals surface area contributed by atoms with Crippen LogP contribution in [0.4, 0.5) is 10.5 Å². The molecule has 0 saturated heterocycles. The minimum Gasteiger partial charge on any atom is -0.453 e. The number of nitrogens with one attached hydrogen (secondary N) is 1. The standard InChI is InChI=1S/C8H9NO2.BH2O2/c1-11-8(10)9-7-5-3-2-4-6-7;2-1-3/h2-6H,1H3,(H,9,10);2-3H. The number of benzene rings is 1. The number of anilines is 1. The SMILES string of the molecule is COC(=O)Nc1ccccc1.O[B]O. The van der Waals surface area contributed by atoms with E-state index in [4.69, 9.17) is 10.0 Å². The molecule has 0 fully saturated rings.